The van der Waals surface area contributed by atoms with Crippen molar-refractivity contribution in [1.29, 1.82) is 0 Å². The maximum absolute atomic E-state index is 13.6. The molecule has 0 aliphatic carbocycles. The third-order valence-electron chi connectivity index (χ3n) is 3.53. The number of halogens is 1. The van der Waals surface area contributed by atoms with Gasteiger partial charge in [0.25, 0.3) is 0 Å². The van der Waals surface area contributed by atoms with Crippen LogP contribution in [0.4, 0.5) is 10.1 Å². The number of carbonyl (C=O) groups is 1. The van der Waals surface area contributed by atoms with Gasteiger partial charge < -0.3 is 9.64 Å². The summed E-state index contributed by atoms with van der Waals surface area (Å²) in [6, 6.07) is 14.3. The number of carbonyl (C=O) groups excluding carboxylic acids is 1. The molecule has 0 fully saturated rings. The van der Waals surface area contributed by atoms with Gasteiger partial charge in [0.15, 0.2) is 11.6 Å². The lowest BCUT2D eigenvalue weighted by Gasteiger charge is -2.21. The second-order valence-electron chi connectivity index (χ2n) is 4.94. The predicted octanol–water partition coefficient (Wildman–Crippen LogP) is 3.82. The van der Waals surface area contributed by atoms with E-state index in [2.05, 4.69) is 0 Å². The van der Waals surface area contributed by atoms with Gasteiger partial charge in [0, 0.05) is 18.7 Å². The van der Waals surface area contributed by atoms with Crippen LogP contribution in [-0.4, -0.2) is 19.6 Å². The predicted molar refractivity (Wildman–Crippen MR) is 85.7 cm³/mol. The number of para-hydroxylation sites is 1. The molecule has 4 heteroatoms. The number of anilines is 1. The number of nitrogens with zero attached hydrogens (tertiary/aromatic N) is 1. The van der Waals surface area contributed by atoms with E-state index < -0.39 is 5.82 Å². The molecule has 0 radical (unpaired) electrons. The Balaban J connectivity index is 2.01. The second kappa shape index (κ2) is 7.59. The first-order chi connectivity index (χ1) is 10.7. The normalized spacial score (nSPS) is 10.3. The van der Waals surface area contributed by atoms with E-state index in [-0.39, 0.29) is 11.7 Å². The van der Waals surface area contributed by atoms with E-state index in [1.54, 1.807) is 17.0 Å². The zero-order valence-corrected chi connectivity index (χ0v) is 12.9. The quantitative estimate of drug-likeness (QED) is 0.811. The van der Waals surface area contributed by atoms with Crippen LogP contribution in [0.2, 0.25) is 0 Å². The molecule has 0 saturated carbocycles. The van der Waals surface area contributed by atoms with Crippen molar-refractivity contribution in [3.8, 4) is 5.75 Å². The standard InChI is InChI=1S/C18H20FNO2/c1-3-20(15-7-5-4-6-8-15)18(21)12-10-14-9-11-17(22-2)16(19)13-14/h4-9,11,13H,3,10,12H2,1-2H3. The van der Waals surface area contributed by atoms with E-state index in [0.29, 0.717) is 19.4 Å². The van der Waals surface area contributed by atoms with Gasteiger partial charge in [-0.3, -0.25) is 4.79 Å². The summed E-state index contributed by atoms with van der Waals surface area (Å²) in [6.07, 6.45) is 0.845. The van der Waals surface area contributed by atoms with E-state index in [9.17, 15) is 9.18 Å². The molecule has 22 heavy (non-hydrogen) atoms. The molecular weight excluding hydrogens is 281 g/mol. The summed E-state index contributed by atoms with van der Waals surface area (Å²) in [4.78, 5) is 14.1. The molecular formula is C18H20FNO2. The highest BCUT2D eigenvalue weighted by Gasteiger charge is 2.14. The van der Waals surface area contributed by atoms with Gasteiger partial charge in [-0.25, -0.2) is 4.39 Å². The van der Waals surface area contributed by atoms with Crippen LogP contribution >= 0.6 is 0 Å². The Morgan fingerprint density at radius 3 is 2.50 bits per heavy atom. The van der Waals surface area contributed by atoms with Crippen LogP contribution in [0, 0.1) is 5.82 Å². The highest BCUT2D eigenvalue weighted by Crippen LogP contribution is 2.19. The van der Waals surface area contributed by atoms with Crippen molar-refractivity contribution < 1.29 is 13.9 Å². The lowest BCUT2D eigenvalue weighted by atomic mass is 10.1. The Morgan fingerprint density at radius 2 is 1.91 bits per heavy atom. The number of hydrogen-bond acceptors (Lipinski definition) is 2. The maximum Gasteiger partial charge on any atom is 0.227 e. The number of benzene rings is 2. The van der Waals surface area contributed by atoms with Gasteiger partial charge >= 0.3 is 0 Å². The Kier molecular flexibility index (Phi) is 5.53. The topological polar surface area (TPSA) is 29.5 Å². The molecule has 0 aromatic heterocycles. The molecule has 2 aromatic rings. The van der Waals surface area contributed by atoms with E-state index in [0.717, 1.165) is 11.3 Å². The Hall–Kier alpha value is -2.36. The molecule has 0 saturated heterocycles. The van der Waals surface area contributed by atoms with Crippen LogP contribution in [-0.2, 0) is 11.2 Å². The molecule has 2 aromatic carbocycles. The highest BCUT2D eigenvalue weighted by atomic mass is 19.1. The molecule has 0 N–H and O–H groups in total. The minimum Gasteiger partial charge on any atom is -0.494 e. The lowest BCUT2D eigenvalue weighted by Crippen LogP contribution is -2.30. The van der Waals surface area contributed by atoms with Crippen LogP contribution in [0.5, 0.6) is 5.75 Å². The number of amides is 1. The molecule has 0 bridgehead atoms. The van der Waals surface area contributed by atoms with E-state index in [4.69, 9.17) is 4.74 Å². The molecule has 2 rings (SSSR count). The molecule has 0 atom stereocenters. The van der Waals surface area contributed by atoms with Gasteiger partial charge in [-0.1, -0.05) is 24.3 Å². The molecule has 3 nitrogen and oxygen atoms in total. The van der Waals surface area contributed by atoms with Gasteiger partial charge in [-0.05, 0) is 43.2 Å². The fourth-order valence-corrected chi connectivity index (χ4v) is 2.36. The molecule has 0 aliphatic heterocycles. The number of methoxy groups -OCH3 is 1. The number of rotatable bonds is 6. The van der Waals surface area contributed by atoms with Gasteiger partial charge in [0.2, 0.25) is 5.91 Å². The van der Waals surface area contributed by atoms with Crippen molar-refractivity contribution >= 4 is 11.6 Å². The van der Waals surface area contributed by atoms with E-state index in [1.807, 2.05) is 37.3 Å². The number of ether oxygens (including phenoxy) is 1. The summed E-state index contributed by atoms with van der Waals surface area (Å²) in [5, 5.41) is 0. The van der Waals surface area contributed by atoms with Crippen LogP contribution < -0.4 is 9.64 Å². The van der Waals surface area contributed by atoms with Gasteiger partial charge in [-0.2, -0.15) is 0 Å². The van der Waals surface area contributed by atoms with Gasteiger partial charge in [0.1, 0.15) is 0 Å². The highest BCUT2D eigenvalue weighted by molar-refractivity contribution is 5.93. The summed E-state index contributed by atoms with van der Waals surface area (Å²) in [5.74, 6) is -0.151. The van der Waals surface area contributed by atoms with Crippen molar-refractivity contribution in [2.45, 2.75) is 19.8 Å². The Labute approximate surface area is 130 Å². The van der Waals surface area contributed by atoms with Crippen LogP contribution in [0.25, 0.3) is 0 Å². The van der Waals surface area contributed by atoms with Crippen molar-refractivity contribution in [3.63, 3.8) is 0 Å². The third-order valence-corrected chi connectivity index (χ3v) is 3.53. The SMILES string of the molecule is CCN(C(=O)CCc1ccc(OC)c(F)c1)c1ccccc1. The van der Waals surface area contributed by atoms with Crippen molar-refractivity contribution in [2.24, 2.45) is 0 Å². The number of aryl methyl sites for hydroxylation is 1. The minimum absolute atomic E-state index is 0.0323. The minimum atomic E-state index is -0.400. The van der Waals surface area contributed by atoms with Crippen LogP contribution in [0.3, 0.4) is 0 Å². The Morgan fingerprint density at radius 1 is 1.18 bits per heavy atom. The zero-order chi connectivity index (χ0) is 15.9. The molecule has 0 spiro atoms. The van der Waals surface area contributed by atoms with Crippen molar-refractivity contribution in [3.05, 3.63) is 59.9 Å². The van der Waals surface area contributed by atoms with Gasteiger partial charge in [0.05, 0.1) is 7.11 Å². The first-order valence-corrected chi connectivity index (χ1v) is 7.33. The summed E-state index contributed by atoms with van der Waals surface area (Å²) in [5.41, 5.74) is 1.67. The average molecular weight is 301 g/mol. The fraction of sp³-hybridized carbons (Fsp3) is 0.278. The lowest BCUT2D eigenvalue weighted by molar-refractivity contribution is -0.118. The van der Waals surface area contributed by atoms with Gasteiger partial charge in [-0.15, -0.1) is 0 Å². The molecule has 0 aliphatic rings. The average Bonchev–Trinajstić information content (AvgIpc) is 2.55. The molecule has 1 amide bonds. The van der Waals surface area contributed by atoms with Crippen molar-refractivity contribution in [2.75, 3.05) is 18.6 Å². The zero-order valence-electron chi connectivity index (χ0n) is 12.9. The van der Waals surface area contributed by atoms with E-state index >= 15 is 0 Å². The fourth-order valence-electron chi connectivity index (χ4n) is 2.36. The number of hydrogen-bond donors (Lipinski definition) is 0. The monoisotopic (exact) mass is 301 g/mol. The summed E-state index contributed by atoms with van der Waals surface area (Å²) >= 11 is 0. The first kappa shape index (κ1) is 16.0. The molecule has 0 unspecified atom stereocenters. The smallest absolute Gasteiger partial charge is 0.227 e. The van der Waals surface area contributed by atoms with Crippen LogP contribution in [0.15, 0.2) is 48.5 Å². The van der Waals surface area contributed by atoms with Crippen LogP contribution in [0.1, 0.15) is 18.9 Å². The third kappa shape index (κ3) is 3.85. The van der Waals surface area contributed by atoms with E-state index in [1.165, 1.54) is 13.2 Å². The molecule has 0 heterocycles. The Bertz CT molecular complexity index is 628. The van der Waals surface area contributed by atoms with Crippen molar-refractivity contribution in [1.82, 2.24) is 0 Å². The summed E-state index contributed by atoms with van der Waals surface area (Å²) < 4.78 is 18.5. The molecule has 116 valence electrons. The summed E-state index contributed by atoms with van der Waals surface area (Å²) in [7, 11) is 1.43. The second-order valence-corrected chi connectivity index (χ2v) is 4.94. The first-order valence-electron chi connectivity index (χ1n) is 7.33. The summed E-state index contributed by atoms with van der Waals surface area (Å²) in [6.45, 7) is 2.55. The largest absolute Gasteiger partial charge is 0.494 e. The maximum atomic E-state index is 13.6.